The number of carbonyl (C=O) groups excluding carboxylic acids is 1. The average Bonchev–Trinajstić information content (AvgIpc) is 2.15. The number of hydrogen-bond donors (Lipinski definition) is 1. The molecular formula is C11H19N3O. The summed E-state index contributed by atoms with van der Waals surface area (Å²) in [5.74, 6) is 0.0926. The summed E-state index contributed by atoms with van der Waals surface area (Å²) in [4.78, 5) is 15.7. The minimum absolute atomic E-state index is 0.0926. The fraction of sp³-hybridized carbons (Fsp3) is 0.455. The van der Waals surface area contributed by atoms with Crippen molar-refractivity contribution in [2.45, 2.75) is 20.8 Å². The molecule has 0 unspecified atom stereocenters. The molecule has 1 aromatic heterocycles. The van der Waals surface area contributed by atoms with Gasteiger partial charge in [0.1, 0.15) is 0 Å². The quantitative estimate of drug-likeness (QED) is 0.702. The highest BCUT2D eigenvalue weighted by atomic mass is 16.2. The summed E-state index contributed by atoms with van der Waals surface area (Å²) >= 11 is 0. The molecule has 84 valence electrons. The molecule has 0 fully saturated rings. The number of pyridine rings is 1. The number of amides is 1. The summed E-state index contributed by atoms with van der Waals surface area (Å²) in [6, 6.07) is 1.81. The van der Waals surface area contributed by atoms with Crippen molar-refractivity contribution in [3.63, 3.8) is 0 Å². The molecule has 4 nitrogen and oxygen atoms in total. The summed E-state index contributed by atoms with van der Waals surface area (Å²) in [5, 5.41) is 0. The number of rotatable bonds is 0. The summed E-state index contributed by atoms with van der Waals surface area (Å²) in [5.41, 5.74) is 8.49. The Hall–Kier alpha value is -1.58. The van der Waals surface area contributed by atoms with Gasteiger partial charge in [-0.1, -0.05) is 0 Å². The molecule has 0 saturated heterocycles. The first-order valence-corrected chi connectivity index (χ1v) is 4.71. The SMILES string of the molecule is CC(=O)N(C)C.Cc1nccc(N)c1C. The molecule has 4 heteroatoms. The number of nitrogens with zero attached hydrogens (tertiary/aromatic N) is 2. The van der Waals surface area contributed by atoms with Crippen LogP contribution in [0.2, 0.25) is 0 Å². The van der Waals surface area contributed by atoms with E-state index < -0.39 is 0 Å². The Bertz CT molecular complexity index is 314. The highest BCUT2D eigenvalue weighted by molar-refractivity contribution is 5.72. The van der Waals surface area contributed by atoms with Crippen LogP contribution in [0.4, 0.5) is 5.69 Å². The lowest BCUT2D eigenvalue weighted by Gasteiger charge is -2.02. The van der Waals surface area contributed by atoms with Crippen LogP contribution >= 0.6 is 0 Å². The maximum Gasteiger partial charge on any atom is 0.218 e. The van der Waals surface area contributed by atoms with E-state index in [1.165, 1.54) is 11.8 Å². The van der Waals surface area contributed by atoms with Gasteiger partial charge in [0.15, 0.2) is 0 Å². The minimum atomic E-state index is 0.0926. The van der Waals surface area contributed by atoms with Crippen LogP contribution in [0.5, 0.6) is 0 Å². The van der Waals surface area contributed by atoms with Crippen molar-refractivity contribution in [2.24, 2.45) is 0 Å². The second-order valence-electron chi connectivity index (χ2n) is 3.52. The Morgan fingerprint density at radius 1 is 1.40 bits per heavy atom. The van der Waals surface area contributed by atoms with E-state index in [0.29, 0.717) is 0 Å². The molecule has 1 rings (SSSR count). The van der Waals surface area contributed by atoms with Crippen LogP contribution in [0.1, 0.15) is 18.2 Å². The molecule has 0 bridgehead atoms. The standard InChI is InChI=1S/C7H10N2.C4H9NO/c1-5-6(2)9-4-3-7(5)8;1-4(6)5(2)3/h3-4H,1-2H3,(H2,8,9);1-3H3. The van der Waals surface area contributed by atoms with E-state index in [1.54, 1.807) is 20.3 Å². The van der Waals surface area contributed by atoms with Gasteiger partial charge in [-0.05, 0) is 25.5 Å². The molecule has 0 saturated carbocycles. The van der Waals surface area contributed by atoms with Crippen molar-refractivity contribution in [3.8, 4) is 0 Å². The number of carbonyl (C=O) groups is 1. The number of hydrogen-bond acceptors (Lipinski definition) is 3. The predicted octanol–water partition coefficient (Wildman–Crippen LogP) is 1.38. The smallest absolute Gasteiger partial charge is 0.218 e. The van der Waals surface area contributed by atoms with Crippen LogP contribution in [-0.2, 0) is 4.79 Å². The molecule has 1 heterocycles. The summed E-state index contributed by atoms with van der Waals surface area (Å²) < 4.78 is 0. The first kappa shape index (κ1) is 13.4. The number of aryl methyl sites for hydroxylation is 1. The molecule has 2 N–H and O–H groups in total. The van der Waals surface area contributed by atoms with Gasteiger partial charge in [-0.15, -0.1) is 0 Å². The maximum absolute atomic E-state index is 10.1. The Kier molecular flexibility index (Phi) is 5.37. The van der Waals surface area contributed by atoms with Crippen molar-refractivity contribution in [3.05, 3.63) is 23.5 Å². The van der Waals surface area contributed by atoms with Crippen LogP contribution in [0.25, 0.3) is 0 Å². The van der Waals surface area contributed by atoms with E-state index in [2.05, 4.69) is 4.98 Å². The third kappa shape index (κ3) is 5.00. The Labute approximate surface area is 91.1 Å². The largest absolute Gasteiger partial charge is 0.398 e. The van der Waals surface area contributed by atoms with Gasteiger partial charge in [0.2, 0.25) is 5.91 Å². The van der Waals surface area contributed by atoms with Crippen molar-refractivity contribution in [2.75, 3.05) is 19.8 Å². The molecule has 0 radical (unpaired) electrons. The zero-order valence-electron chi connectivity index (χ0n) is 10.0. The second-order valence-corrected chi connectivity index (χ2v) is 3.52. The van der Waals surface area contributed by atoms with E-state index in [1.807, 2.05) is 19.9 Å². The van der Waals surface area contributed by atoms with E-state index in [0.717, 1.165) is 16.9 Å². The lowest BCUT2D eigenvalue weighted by molar-refractivity contribution is -0.126. The van der Waals surface area contributed by atoms with Gasteiger partial charge in [-0.2, -0.15) is 0 Å². The first-order chi connectivity index (χ1) is 6.86. The lowest BCUT2D eigenvalue weighted by Crippen LogP contribution is -2.17. The molecule has 1 amide bonds. The van der Waals surface area contributed by atoms with Gasteiger partial charge >= 0.3 is 0 Å². The van der Waals surface area contributed by atoms with E-state index in [-0.39, 0.29) is 5.91 Å². The van der Waals surface area contributed by atoms with Crippen LogP contribution in [0.3, 0.4) is 0 Å². The Balaban J connectivity index is 0.000000288. The molecule has 1 aromatic rings. The zero-order valence-corrected chi connectivity index (χ0v) is 10.0. The van der Waals surface area contributed by atoms with Gasteiger partial charge in [-0.25, -0.2) is 0 Å². The van der Waals surface area contributed by atoms with Crippen LogP contribution in [0, 0.1) is 13.8 Å². The van der Waals surface area contributed by atoms with E-state index in [9.17, 15) is 4.79 Å². The number of nitrogen functional groups attached to an aromatic ring is 1. The number of anilines is 1. The first-order valence-electron chi connectivity index (χ1n) is 4.71. The van der Waals surface area contributed by atoms with Crippen molar-refractivity contribution >= 4 is 11.6 Å². The summed E-state index contributed by atoms with van der Waals surface area (Å²) in [6.07, 6.45) is 1.72. The van der Waals surface area contributed by atoms with Crippen molar-refractivity contribution in [1.82, 2.24) is 9.88 Å². The van der Waals surface area contributed by atoms with E-state index in [4.69, 9.17) is 5.73 Å². The van der Waals surface area contributed by atoms with Gasteiger partial charge in [0.05, 0.1) is 0 Å². The van der Waals surface area contributed by atoms with Crippen LogP contribution in [0.15, 0.2) is 12.3 Å². The highest BCUT2D eigenvalue weighted by Crippen LogP contribution is 2.10. The molecule has 0 aromatic carbocycles. The number of nitrogens with two attached hydrogens (primary N) is 1. The molecule has 0 aliphatic carbocycles. The maximum atomic E-state index is 10.1. The van der Waals surface area contributed by atoms with Gasteiger partial charge in [-0.3, -0.25) is 9.78 Å². The third-order valence-corrected chi connectivity index (χ3v) is 2.13. The topological polar surface area (TPSA) is 59.2 Å². The molecule has 0 aliphatic heterocycles. The molecule has 0 atom stereocenters. The minimum Gasteiger partial charge on any atom is -0.398 e. The Morgan fingerprint density at radius 2 is 1.87 bits per heavy atom. The van der Waals surface area contributed by atoms with Crippen LogP contribution < -0.4 is 5.73 Å². The predicted molar refractivity (Wildman–Crippen MR) is 62.5 cm³/mol. The fourth-order valence-corrected chi connectivity index (χ4v) is 0.660. The Morgan fingerprint density at radius 3 is 2.13 bits per heavy atom. The third-order valence-electron chi connectivity index (χ3n) is 2.13. The molecule has 0 aliphatic rings. The van der Waals surface area contributed by atoms with Gasteiger partial charge in [0.25, 0.3) is 0 Å². The monoisotopic (exact) mass is 209 g/mol. The molecule has 15 heavy (non-hydrogen) atoms. The van der Waals surface area contributed by atoms with Crippen molar-refractivity contribution in [1.29, 1.82) is 0 Å². The van der Waals surface area contributed by atoms with Crippen LogP contribution in [-0.4, -0.2) is 29.9 Å². The van der Waals surface area contributed by atoms with E-state index >= 15 is 0 Å². The molecule has 0 spiro atoms. The van der Waals surface area contributed by atoms with Gasteiger partial charge in [0, 0.05) is 38.6 Å². The lowest BCUT2D eigenvalue weighted by atomic mass is 10.2. The number of aromatic nitrogens is 1. The fourth-order valence-electron chi connectivity index (χ4n) is 0.660. The van der Waals surface area contributed by atoms with Gasteiger partial charge < -0.3 is 10.6 Å². The average molecular weight is 209 g/mol. The second kappa shape index (κ2) is 6.01. The van der Waals surface area contributed by atoms with Crippen molar-refractivity contribution < 1.29 is 4.79 Å². The highest BCUT2D eigenvalue weighted by Gasteiger charge is 1.94. The normalized spacial score (nSPS) is 8.87. The zero-order chi connectivity index (χ0) is 12.0. The summed E-state index contributed by atoms with van der Waals surface area (Å²) in [7, 11) is 3.45. The summed E-state index contributed by atoms with van der Waals surface area (Å²) in [6.45, 7) is 5.45. The molecular weight excluding hydrogens is 190 g/mol.